The van der Waals surface area contributed by atoms with Gasteiger partial charge in [0.1, 0.15) is 24.4 Å². The number of amides is 1. The summed E-state index contributed by atoms with van der Waals surface area (Å²) in [4.78, 5) is 13.1. The number of hydrogen-bond acceptors (Lipinski definition) is 10. The average Bonchev–Trinajstić information content (AvgIpc) is 3.29. The smallest absolute Gasteiger partial charge is 0.394 e. The minimum atomic E-state index is -5.08. The first-order valence-electron chi connectivity index (χ1n) is 27.9. The van der Waals surface area contributed by atoms with E-state index in [4.69, 9.17) is 9.47 Å². The number of rotatable bonds is 49. The molecule has 1 amide bonds. The predicted molar refractivity (Wildman–Crippen MR) is 269 cm³/mol. The van der Waals surface area contributed by atoms with E-state index in [2.05, 4.69) is 23.3 Å². The van der Waals surface area contributed by atoms with E-state index in [1.165, 1.54) is 199 Å². The Bertz CT molecular complexity index is 1180. The zero-order valence-corrected chi connectivity index (χ0v) is 43.4. The van der Waals surface area contributed by atoms with Gasteiger partial charge >= 0.3 is 10.4 Å². The van der Waals surface area contributed by atoms with E-state index in [0.29, 0.717) is 12.8 Å². The van der Waals surface area contributed by atoms with Crippen LogP contribution in [0.4, 0.5) is 0 Å². The van der Waals surface area contributed by atoms with Crippen molar-refractivity contribution < 1.29 is 51.8 Å². The predicted octanol–water partition coefficient (Wildman–Crippen LogP) is 12.5. The first kappa shape index (κ1) is 63.1. The Morgan fingerprint density at radius 1 is 0.545 bits per heavy atom. The number of aliphatic hydroxyl groups is 4. The van der Waals surface area contributed by atoms with Gasteiger partial charge in [0.25, 0.3) is 0 Å². The maximum Gasteiger partial charge on any atom is 0.397 e. The van der Waals surface area contributed by atoms with Crippen LogP contribution in [-0.4, -0.2) is 95.4 Å². The summed E-state index contributed by atoms with van der Waals surface area (Å²) in [5.41, 5.74) is 0. The highest BCUT2D eigenvalue weighted by Gasteiger charge is 2.48. The molecule has 1 aliphatic heterocycles. The van der Waals surface area contributed by atoms with E-state index in [-0.39, 0.29) is 12.5 Å². The molecule has 0 radical (unpaired) electrons. The molecular formula is C53H105NO11S. The molecule has 0 aromatic rings. The molecule has 66 heavy (non-hydrogen) atoms. The number of carbonyl (C=O) groups excluding carboxylic acids is 1. The summed E-state index contributed by atoms with van der Waals surface area (Å²) in [6, 6.07) is -0.852. The standard InChI is InChI=1S/C53H105NO11S/c1-3-5-7-9-11-13-15-17-19-21-23-25-26-28-30-32-34-36-38-40-42-47(56)46(45-63-53-51(59)52(65-66(60,61)62)50(58)48(44-55)64-53)54-49(57)43-41-39-37-35-33-31-29-27-24-22-20-18-16-14-12-10-8-6-4-2/h46-48,50-53,55-56,58-59H,3-45H2,1-2H3,(H,54,57)(H,60,61,62). The Hall–Kier alpha value is -0.900. The van der Waals surface area contributed by atoms with Crippen molar-refractivity contribution >= 4 is 16.3 Å². The molecule has 0 aromatic carbocycles. The van der Waals surface area contributed by atoms with Gasteiger partial charge in [-0.2, -0.15) is 8.42 Å². The zero-order valence-electron chi connectivity index (χ0n) is 42.5. The Kier molecular flexibility index (Phi) is 42.1. The molecule has 1 saturated heterocycles. The average molecular weight is 964 g/mol. The zero-order chi connectivity index (χ0) is 48.4. The Morgan fingerprint density at radius 2 is 0.879 bits per heavy atom. The van der Waals surface area contributed by atoms with Crippen molar-refractivity contribution in [3.63, 3.8) is 0 Å². The van der Waals surface area contributed by atoms with Crippen LogP contribution in [0.15, 0.2) is 0 Å². The van der Waals surface area contributed by atoms with Gasteiger partial charge in [0.2, 0.25) is 5.91 Å². The lowest BCUT2D eigenvalue weighted by atomic mass is 9.99. The normalized spacial score (nSPS) is 19.9. The number of unbranched alkanes of at least 4 members (excludes halogenated alkanes) is 37. The van der Waals surface area contributed by atoms with E-state index in [9.17, 15) is 38.2 Å². The fraction of sp³-hybridized carbons (Fsp3) is 0.981. The van der Waals surface area contributed by atoms with E-state index in [1.54, 1.807) is 0 Å². The van der Waals surface area contributed by atoms with Gasteiger partial charge in [0, 0.05) is 6.42 Å². The Morgan fingerprint density at radius 3 is 1.21 bits per heavy atom. The van der Waals surface area contributed by atoms with E-state index in [1.807, 2.05) is 0 Å². The summed E-state index contributed by atoms with van der Waals surface area (Å²) < 4.78 is 47.9. The number of hydrogen-bond donors (Lipinski definition) is 6. The van der Waals surface area contributed by atoms with Crippen molar-refractivity contribution in [3.8, 4) is 0 Å². The summed E-state index contributed by atoms with van der Waals surface area (Å²) in [7, 11) is -5.08. The van der Waals surface area contributed by atoms with Crippen LogP contribution in [0.3, 0.4) is 0 Å². The van der Waals surface area contributed by atoms with Crippen LogP contribution in [0, 0.1) is 0 Å². The SMILES string of the molecule is CCCCCCCCCCCCCCCCCCCCCCC(O)C(COC1OC(CO)C(O)C(OS(=O)(=O)O)C1O)NC(=O)CCCCCCCCCCCCCCCCCCCCC. The van der Waals surface area contributed by atoms with Gasteiger partial charge in [-0.3, -0.25) is 9.35 Å². The summed E-state index contributed by atoms with van der Waals surface area (Å²) in [5.74, 6) is -0.223. The van der Waals surface area contributed by atoms with Crippen LogP contribution in [-0.2, 0) is 28.9 Å². The van der Waals surface area contributed by atoms with Crippen LogP contribution in [0.25, 0.3) is 0 Å². The highest BCUT2D eigenvalue weighted by atomic mass is 32.3. The molecule has 7 atom stereocenters. The van der Waals surface area contributed by atoms with Crippen molar-refractivity contribution in [1.82, 2.24) is 5.32 Å². The Labute approximate surface area is 405 Å². The fourth-order valence-corrected chi connectivity index (χ4v) is 9.85. The Balaban J connectivity index is 2.37. The molecule has 0 spiro atoms. The van der Waals surface area contributed by atoms with Crippen LogP contribution < -0.4 is 5.32 Å². The third-order valence-electron chi connectivity index (χ3n) is 13.7. The molecule has 0 aliphatic carbocycles. The van der Waals surface area contributed by atoms with Crippen LogP contribution in [0.5, 0.6) is 0 Å². The second-order valence-electron chi connectivity index (χ2n) is 19.9. The molecule has 1 aliphatic rings. The summed E-state index contributed by atoms with van der Waals surface area (Å²) in [6.45, 7) is 3.50. The van der Waals surface area contributed by atoms with Gasteiger partial charge in [-0.1, -0.05) is 258 Å². The molecule has 1 heterocycles. The monoisotopic (exact) mass is 964 g/mol. The molecule has 0 saturated carbocycles. The van der Waals surface area contributed by atoms with Crippen molar-refractivity contribution in [2.75, 3.05) is 13.2 Å². The van der Waals surface area contributed by atoms with Gasteiger partial charge in [0.05, 0.1) is 25.4 Å². The van der Waals surface area contributed by atoms with Crippen LogP contribution in [0.1, 0.15) is 277 Å². The topological polar surface area (TPSA) is 192 Å². The lowest BCUT2D eigenvalue weighted by Crippen LogP contribution is -2.61. The van der Waals surface area contributed by atoms with Gasteiger partial charge in [0.15, 0.2) is 6.29 Å². The van der Waals surface area contributed by atoms with Crippen molar-refractivity contribution in [2.45, 2.75) is 320 Å². The van der Waals surface area contributed by atoms with Crippen LogP contribution >= 0.6 is 0 Å². The van der Waals surface area contributed by atoms with Gasteiger partial charge < -0.3 is 35.2 Å². The molecule has 1 rings (SSSR count). The molecule has 394 valence electrons. The molecule has 12 nitrogen and oxygen atoms in total. The third kappa shape index (κ3) is 36.1. The quantitative estimate of drug-likeness (QED) is 0.0251. The first-order chi connectivity index (χ1) is 32.0. The molecule has 1 fully saturated rings. The number of ether oxygens (including phenoxy) is 2. The lowest BCUT2D eigenvalue weighted by Gasteiger charge is -2.41. The third-order valence-corrected chi connectivity index (χ3v) is 14.1. The van der Waals surface area contributed by atoms with Gasteiger partial charge in [-0.15, -0.1) is 0 Å². The maximum absolute atomic E-state index is 13.1. The summed E-state index contributed by atoms with van der Waals surface area (Å²) in [5, 5.41) is 45.1. The second-order valence-corrected chi connectivity index (χ2v) is 20.9. The molecule has 6 N–H and O–H groups in total. The molecule has 0 aromatic heterocycles. The minimum Gasteiger partial charge on any atom is -0.394 e. The summed E-state index contributed by atoms with van der Waals surface area (Å²) in [6.07, 6.45) is 41.0. The minimum absolute atomic E-state index is 0.223. The van der Waals surface area contributed by atoms with Crippen molar-refractivity contribution in [2.24, 2.45) is 0 Å². The summed E-state index contributed by atoms with van der Waals surface area (Å²) >= 11 is 0. The number of nitrogens with one attached hydrogen (secondary N) is 1. The van der Waals surface area contributed by atoms with E-state index in [0.717, 1.165) is 51.4 Å². The van der Waals surface area contributed by atoms with Crippen molar-refractivity contribution in [1.29, 1.82) is 0 Å². The van der Waals surface area contributed by atoms with Crippen molar-refractivity contribution in [3.05, 3.63) is 0 Å². The van der Waals surface area contributed by atoms with Gasteiger partial charge in [-0.25, -0.2) is 4.18 Å². The molecular weight excluding hydrogens is 859 g/mol. The molecule has 7 unspecified atom stereocenters. The highest BCUT2D eigenvalue weighted by Crippen LogP contribution is 2.26. The number of aliphatic hydroxyl groups excluding tert-OH is 4. The van der Waals surface area contributed by atoms with Crippen LogP contribution in [0.2, 0.25) is 0 Å². The highest BCUT2D eigenvalue weighted by molar-refractivity contribution is 7.80. The van der Waals surface area contributed by atoms with Gasteiger partial charge in [-0.05, 0) is 12.8 Å². The molecule has 0 bridgehead atoms. The van der Waals surface area contributed by atoms with E-state index >= 15 is 0 Å². The number of carbonyl (C=O) groups is 1. The maximum atomic E-state index is 13.1. The second kappa shape index (κ2) is 44.1. The fourth-order valence-electron chi connectivity index (χ4n) is 9.35. The van der Waals surface area contributed by atoms with E-state index < -0.39 is 59.9 Å². The first-order valence-corrected chi connectivity index (χ1v) is 29.3. The largest absolute Gasteiger partial charge is 0.397 e. The molecule has 13 heteroatoms. The lowest BCUT2D eigenvalue weighted by molar-refractivity contribution is -0.298.